The number of hydrogen-bond acceptors (Lipinski definition) is 6. The molecule has 130 valence electrons. The number of methoxy groups -OCH3 is 1. The SMILES string of the molecule is COC[C@@H](C)NC(=O)CSc1nnc(Cc2cccs2)n1C1CC1. The monoisotopic (exact) mass is 366 g/mol. The second kappa shape index (κ2) is 8.13. The van der Waals surface area contributed by atoms with E-state index < -0.39 is 0 Å². The lowest BCUT2D eigenvalue weighted by molar-refractivity contribution is -0.119. The van der Waals surface area contributed by atoms with Crippen molar-refractivity contribution in [1.82, 2.24) is 20.1 Å². The number of thiophene rings is 1. The minimum absolute atomic E-state index is 0.00490. The standard InChI is InChI=1S/C16H22N4O2S2/c1-11(9-22-2)17-15(21)10-24-16-19-18-14(20(16)12-5-6-12)8-13-4-3-7-23-13/h3-4,7,11-12H,5-6,8-10H2,1-2H3,(H,17,21)/t11-/m1/s1. The van der Waals surface area contributed by atoms with Gasteiger partial charge in [-0.3, -0.25) is 4.79 Å². The predicted molar refractivity (Wildman–Crippen MR) is 95.6 cm³/mol. The summed E-state index contributed by atoms with van der Waals surface area (Å²) in [5.74, 6) is 1.34. The molecule has 2 aromatic rings. The van der Waals surface area contributed by atoms with Gasteiger partial charge in [0.1, 0.15) is 5.82 Å². The van der Waals surface area contributed by atoms with Gasteiger partial charge in [0.15, 0.2) is 5.16 Å². The van der Waals surface area contributed by atoms with Crippen LogP contribution in [0.15, 0.2) is 22.7 Å². The number of carbonyl (C=O) groups excluding carboxylic acids is 1. The van der Waals surface area contributed by atoms with E-state index in [1.54, 1.807) is 18.4 Å². The van der Waals surface area contributed by atoms with E-state index in [0.29, 0.717) is 18.4 Å². The van der Waals surface area contributed by atoms with E-state index in [1.165, 1.54) is 29.5 Å². The van der Waals surface area contributed by atoms with Crippen LogP contribution in [0.25, 0.3) is 0 Å². The Kier molecular flexibility index (Phi) is 5.91. The molecule has 1 N–H and O–H groups in total. The second-order valence-corrected chi connectivity index (χ2v) is 7.94. The summed E-state index contributed by atoms with van der Waals surface area (Å²) < 4.78 is 7.25. The molecule has 1 atom stereocenters. The van der Waals surface area contributed by atoms with Gasteiger partial charge in [-0.1, -0.05) is 17.8 Å². The van der Waals surface area contributed by atoms with Crippen molar-refractivity contribution in [2.45, 2.75) is 43.4 Å². The maximum atomic E-state index is 12.0. The first-order chi connectivity index (χ1) is 11.7. The van der Waals surface area contributed by atoms with Gasteiger partial charge in [-0.2, -0.15) is 0 Å². The summed E-state index contributed by atoms with van der Waals surface area (Å²) in [6.45, 7) is 2.44. The molecule has 0 aromatic carbocycles. The Morgan fingerprint density at radius 3 is 3.04 bits per heavy atom. The van der Waals surface area contributed by atoms with Gasteiger partial charge in [0.2, 0.25) is 5.91 Å². The predicted octanol–water partition coefficient (Wildman–Crippen LogP) is 2.51. The first-order valence-corrected chi connectivity index (χ1v) is 9.91. The number of aromatic nitrogens is 3. The van der Waals surface area contributed by atoms with Gasteiger partial charge < -0.3 is 14.6 Å². The summed E-state index contributed by atoms with van der Waals surface area (Å²) >= 11 is 3.19. The quantitative estimate of drug-likeness (QED) is 0.691. The normalized spacial score (nSPS) is 15.4. The first kappa shape index (κ1) is 17.4. The number of carbonyl (C=O) groups is 1. The average Bonchev–Trinajstić information content (AvgIpc) is 3.10. The number of amides is 1. The molecule has 3 rings (SSSR count). The molecule has 1 amide bonds. The molecule has 1 fully saturated rings. The lowest BCUT2D eigenvalue weighted by atomic mass is 10.3. The molecule has 0 unspecified atom stereocenters. The summed E-state index contributed by atoms with van der Waals surface area (Å²) in [7, 11) is 1.63. The summed E-state index contributed by atoms with van der Waals surface area (Å²) in [6, 6.07) is 4.68. The van der Waals surface area contributed by atoms with Gasteiger partial charge in [-0.25, -0.2) is 0 Å². The van der Waals surface area contributed by atoms with E-state index in [1.807, 2.05) is 6.92 Å². The summed E-state index contributed by atoms with van der Waals surface area (Å²) in [5, 5.41) is 14.5. The molecule has 1 saturated carbocycles. The minimum Gasteiger partial charge on any atom is -0.383 e. The van der Waals surface area contributed by atoms with Crippen molar-refractivity contribution in [1.29, 1.82) is 0 Å². The maximum absolute atomic E-state index is 12.0. The number of hydrogen-bond donors (Lipinski definition) is 1. The zero-order valence-electron chi connectivity index (χ0n) is 13.9. The van der Waals surface area contributed by atoms with Crippen LogP contribution in [0.2, 0.25) is 0 Å². The molecule has 0 saturated heterocycles. The van der Waals surface area contributed by atoms with Gasteiger partial charge in [0.25, 0.3) is 0 Å². The Hall–Kier alpha value is -1.38. The Morgan fingerprint density at radius 1 is 1.54 bits per heavy atom. The van der Waals surface area contributed by atoms with Crippen molar-refractivity contribution in [2.24, 2.45) is 0 Å². The third-order valence-electron chi connectivity index (χ3n) is 3.72. The van der Waals surface area contributed by atoms with Crippen LogP contribution in [-0.2, 0) is 16.0 Å². The lowest BCUT2D eigenvalue weighted by Gasteiger charge is -2.12. The number of thioether (sulfide) groups is 1. The molecule has 24 heavy (non-hydrogen) atoms. The third-order valence-corrected chi connectivity index (χ3v) is 5.54. The highest BCUT2D eigenvalue weighted by Gasteiger charge is 2.30. The number of nitrogens with one attached hydrogen (secondary N) is 1. The van der Waals surface area contributed by atoms with Crippen LogP contribution >= 0.6 is 23.1 Å². The van der Waals surface area contributed by atoms with Crippen LogP contribution in [-0.4, -0.2) is 46.2 Å². The van der Waals surface area contributed by atoms with E-state index in [4.69, 9.17) is 4.74 Å². The molecule has 0 radical (unpaired) electrons. The van der Waals surface area contributed by atoms with Crippen LogP contribution in [0.5, 0.6) is 0 Å². The van der Waals surface area contributed by atoms with E-state index in [9.17, 15) is 4.79 Å². The van der Waals surface area contributed by atoms with Crippen LogP contribution in [0.3, 0.4) is 0 Å². The van der Waals surface area contributed by atoms with Crippen molar-refractivity contribution in [2.75, 3.05) is 19.5 Å². The fourth-order valence-electron chi connectivity index (χ4n) is 2.53. The summed E-state index contributed by atoms with van der Waals surface area (Å²) in [5.41, 5.74) is 0. The van der Waals surface area contributed by atoms with Crippen molar-refractivity contribution in [3.8, 4) is 0 Å². The topological polar surface area (TPSA) is 69.0 Å². The maximum Gasteiger partial charge on any atom is 0.230 e. The van der Waals surface area contributed by atoms with Crippen LogP contribution in [0.1, 0.15) is 36.5 Å². The Bertz CT molecular complexity index is 668. The molecule has 8 heteroatoms. The zero-order valence-corrected chi connectivity index (χ0v) is 15.5. The fourth-order valence-corrected chi connectivity index (χ4v) is 4.07. The smallest absolute Gasteiger partial charge is 0.230 e. The second-order valence-electron chi connectivity index (χ2n) is 5.97. The zero-order chi connectivity index (χ0) is 16.9. The average molecular weight is 367 g/mol. The first-order valence-electron chi connectivity index (χ1n) is 8.04. The molecule has 2 aromatic heterocycles. The summed E-state index contributed by atoms with van der Waals surface area (Å²) in [4.78, 5) is 13.3. The molecule has 0 aliphatic heterocycles. The molecule has 1 aliphatic carbocycles. The molecule has 0 bridgehead atoms. The Morgan fingerprint density at radius 2 is 2.38 bits per heavy atom. The van der Waals surface area contributed by atoms with Gasteiger partial charge in [-0.05, 0) is 31.2 Å². The molecule has 2 heterocycles. The molecule has 1 aliphatic rings. The van der Waals surface area contributed by atoms with Gasteiger partial charge in [0.05, 0.1) is 12.4 Å². The van der Waals surface area contributed by atoms with E-state index in [-0.39, 0.29) is 11.9 Å². The van der Waals surface area contributed by atoms with Crippen molar-refractivity contribution >= 4 is 29.0 Å². The van der Waals surface area contributed by atoms with Crippen LogP contribution in [0.4, 0.5) is 0 Å². The largest absolute Gasteiger partial charge is 0.383 e. The van der Waals surface area contributed by atoms with E-state index in [0.717, 1.165) is 17.4 Å². The van der Waals surface area contributed by atoms with Crippen LogP contribution in [0, 0.1) is 0 Å². The molecule has 0 spiro atoms. The Labute approximate surface area is 150 Å². The highest BCUT2D eigenvalue weighted by Crippen LogP contribution is 2.39. The minimum atomic E-state index is -0.00490. The van der Waals surface area contributed by atoms with Crippen molar-refractivity contribution in [3.05, 3.63) is 28.2 Å². The highest BCUT2D eigenvalue weighted by atomic mass is 32.2. The molecule has 6 nitrogen and oxygen atoms in total. The van der Waals surface area contributed by atoms with Crippen molar-refractivity contribution in [3.63, 3.8) is 0 Å². The van der Waals surface area contributed by atoms with Crippen LogP contribution < -0.4 is 5.32 Å². The van der Waals surface area contributed by atoms with E-state index in [2.05, 4.69) is 37.6 Å². The summed E-state index contributed by atoms with van der Waals surface area (Å²) in [6.07, 6.45) is 3.14. The third kappa shape index (κ3) is 4.58. The van der Waals surface area contributed by atoms with Crippen molar-refractivity contribution < 1.29 is 9.53 Å². The molecular formula is C16H22N4O2S2. The number of rotatable bonds is 9. The molecular weight excluding hydrogens is 344 g/mol. The fraction of sp³-hybridized carbons (Fsp3) is 0.562. The van der Waals surface area contributed by atoms with Gasteiger partial charge in [0, 0.05) is 30.5 Å². The number of nitrogens with zero attached hydrogens (tertiary/aromatic N) is 3. The Balaban J connectivity index is 1.61. The van der Waals surface area contributed by atoms with E-state index >= 15 is 0 Å². The highest BCUT2D eigenvalue weighted by molar-refractivity contribution is 7.99. The number of ether oxygens (including phenoxy) is 1. The lowest BCUT2D eigenvalue weighted by Crippen LogP contribution is -2.36. The van der Waals surface area contributed by atoms with Gasteiger partial charge in [-0.15, -0.1) is 21.5 Å². The van der Waals surface area contributed by atoms with Gasteiger partial charge >= 0.3 is 0 Å².